The Labute approximate surface area is 179 Å². The molecule has 2 aliphatic rings. The van der Waals surface area contributed by atoms with Crippen molar-refractivity contribution in [2.45, 2.75) is 25.3 Å². The van der Waals surface area contributed by atoms with Crippen LogP contribution in [0.3, 0.4) is 0 Å². The number of nitrogens with zero attached hydrogens (tertiary/aromatic N) is 2. The molecule has 0 bridgehead atoms. The van der Waals surface area contributed by atoms with E-state index in [9.17, 15) is 23.4 Å². The molecule has 10 nitrogen and oxygen atoms in total. The minimum absolute atomic E-state index is 0.160. The van der Waals surface area contributed by atoms with Crippen LogP contribution in [0.1, 0.15) is 35.2 Å². The molecule has 4 rings (SSSR count). The van der Waals surface area contributed by atoms with E-state index in [4.69, 9.17) is 10.5 Å². The van der Waals surface area contributed by atoms with Crippen molar-refractivity contribution >= 4 is 27.6 Å². The summed E-state index contributed by atoms with van der Waals surface area (Å²) in [6.45, 7) is 0.673. The molecule has 0 unspecified atom stereocenters. The Bertz CT molecular complexity index is 1140. The predicted molar refractivity (Wildman–Crippen MR) is 114 cm³/mol. The van der Waals surface area contributed by atoms with Crippen LogP contribution in [0.2, 0.25) is 0 Å². The van der Waals surface area contributed by atoms with Gasteiger partial charge in [0.1, 0.15) is 23.9 Å². The van der Waals surface area contributed by atoms with Crippen molar-refractivity contribution in [3.8, 4) is 17.2 Å². The first-order valence-electron chi connectivity index (χ1n) is 9.72. The minimum atomic E-state index is -3.89. The molecule has 1 amide bonds. The van der Waals surface area contributed by atoms with Gasteiger partial charge >= 0.3 is 10.2 Å². The number of nitrogens with one attached hydrogen (secondary N) is 1. The number of carbonyl (C=O) groups excluding carboxylic acids is 1. The molecule has 0 aliphatic carbocycles. The number of rotatable bonds is 4. The number of phenols is 2. The van der Waals surface area contributed by atoms with E-state index in [0.29, 0.717) is 24.3 Å². The van der Waals surface area contributed by atoms with E-state index in [1.807, 2.05) is 0 Å². The maximum atomic E-state index is 13.0. The molecule has 0 spiro atoms. The number of benzene rings is 2. The number of aromatic hydroxyl groups is 2. The Balaban J connectivity index is 1.55. The molecule has 2 aliphatic heterocycles. The second kappa shape index (κ2) is 7.99. The van der Waals surface area contributed by atoms with Crippen LogP contribution in [-0.2, 0) is 10.2 Å². The molecule has 31 heavy (non-hydrogen) atoms. The zero-order valence-corrected chi connectivity index (χ0v) is 17.3. The van der Waals surface area contributed by atoms with E-state index in [-0.39, 0.29) is 47.1 Å². The number of fused-ring (bicyclic) bond motifs is 1. The van der Waals surface area contributed by atoms with Crippen LogP contribution in [0.15, 0.2) is 40.8 Å². The number of hydrogen-bond donors (Lipinski definition) is 4. The average Bonchev–Trinajstić information content (AvgIpc) is 2.70. The predicted octanol–water partition coefficient (Wildman–Crippen LogP) is 1.55. The van der Waals surface area contributed by atoms with E-state index in [1.54, 1.807) is 23.1 Å². The standard InChI is InChI=1S/C20H22N4O6S/c21-19-18-16(22-31(28,29)23-19)5-3-6-17(18)30-11-13-4-1-2-7-24(13)20(27)12-8-14(25)10-15(26)9-12/h3,5-6,8-10,13,22,25-26H,1-2,4,7,11H2,(H2,21,23)/t13-/m1/s1. The fourth-order valence-electron chi connectivity index (χ4n) is 3.85. The Morgan fingerprint density at radius 2 is 1.97 bits per heavy atom. The fourth-order valence-corrected chi connectivity index (χ4v) is 4.69. The number of ether oxygens (including phenoxy) is 1. The summed E-state index contributed by atoms with van der Waals surface area (Å²) in [5.74, 6) is -0.517. The first kappa shape index (κ1) is 20.8. The van der Waals surface area contributed by atoms with Crippen molar-refractivity contribution in [1.29, 1.82) is 0 Å². The molecular formula is C20H22N4O6S. The van der Waals surface area contributed by atoms with Gasteiger partial charge in [-0.05, 0) is 43.5 Å². The van der Waals surface area contributed by atoms with Gasteiger partial charge in [0.2, 0.25) is 0 Å². The topological polar surface area (TPSA) is 155 Å². The van der Waals surface area contributed by atoms with Crippen LogP contribution in [0, 0.1) is 0 Å². The third-order valence-corrected chi connectivity index (χ3v) is 6.12. The van der Waals surface area contributed by atoms with Gasteiger partial charge in [-0.2, -0.15) is 8.42 Å². The highest BCUT2D eigenvalue weighted by Gasteiger charge is 2.30. The van der Waals surface area contributed by atoms with Gasteiger partial charge < -0.3 is 25.6 Å². The Hall–Kier alpha value is -3.47. The molecular weight excluding hydrogens is 424 g/mol. The second-order valence-corrected chi connectivity index (χ2v) is 8.77. The number of carbonyl (C=O) groups is 1. The molecule has 2 aromatic carbocycles. The van der Waals surface area contributed by atoms with E-state index in [2.05, 4.69) is 9.12 Å². The van der Waals surface area contributed by atoms with Gasteiger partial charge in [-0.15, -0.1) is 4.40 Å². The lowest BCUT2D eigenvalue weighted by atomic mass is 10.0. The zero-order chi connectivity index (χ0) is 22.2. The van der Waals surface area contributed by atoms with Crippen molar-refractivity contribution in [3.05, 3.63) is 47.5 Å². The van der Waals surface area contributed by atoms with Crippen LogP contribution in [-0.4, -0.2) is 54.5 Å². The van der Waals surface area contributed by atoms with Crippen LogP contribution in [0.4, 0.5) is 5.69 Å². The van der Waals surface area contributed by atoms with Gasteiger partial charge in [-0.25, -0.2) is 0 Å². The first-order chi connectivity index (χ1) is 14.7. The number of amidine groups is 1. The average molecular weight is 446 g/mol. The van der Waals surface area contributed by atoms with Crippen LogP contribution in [0.25, 0.3) is 0 Å². The smallest absolute Gasteiger partial charge is 0.344 e. The zero-order valence-electron chi connectivity index (χ0n) is 16.5. The van der Waals surface area contributed by atoms with Crippen molar-refractivity contribution in [1.82, 2.24) is 4.90 Å². The summed E-state index contributed by atoms with van der Waals surface area (Å²) >= 11 is 0. The fraction of sp³-hybridized carbons (Fsp3) is 0.300. The molecule has 164 valence electrons. The van der Waals surface area contributed by atoms with Crippen LogP contribution in [0.5, 0.6) is 17.2 Å². The molecule has 1 fully saturated rings. The highest BCUT2D eigenvalue weighted by Crippen LogP contribution is 2.31. The van der Waals surface area contributed by atoms with Gasteiger partial charge in [0.05, 0.1) is 17.3 Å². The Kier molecular flexibility index (Phi) is 5.36. The summed E-state index contributed by atoms with van der Waals surface area (Å²) < 4.78 is 35.2. The van der Waals surface area contributed by atoms with Gasteiger partial charge in [-0.1, -0.05) is 6.07 Å². The van der Waals surface area contributed by atoms with Gasteiger partial charge in [0, 0.05) is 18.2 Å². The summed E-state index contributed by atoms with van der Waals surface area (Å²) in [6.07, 6.45) is 2.45. The third-order valence-electron chi connectivity index (χ3n) is 5.21. The van der Waals surface area contributed by atoms with Crippen molar-refractivity contribution in [3.63, 3.8) is 0 Å². The van der Waals surface area contributed by atoms with E-state index in [0.717, 1.165) is 18.9 Å². The molecule has 1 saturated heterocycles. The van der Waals surface area contributed by atoms with E-state index in [1.165, 1.54) is 12.1 Å². The van der Waals surface area contributed by atoms with Gasteiger partial charge in [0.25, 0.3) is 5.91 Å². The Morgan fingerprint density at radius 3 is 2.71 bits per heavy atom. The maximum absolute atomic E-state index is 13.0. The second-order valence-electron chi connectivity index (χ2n) is 7.43. The summed E-state index contributed by atoms with van der Waals surface area (Å²) in [5, 5.41) is 19.4. The lowest BCUT2D eigenvalue weighted by Crippen LogP contribution is -2.46. The van der Waals surface area contributed by atoms with Crippen molar-refractivity contribution in [2.75, 3.05) is 17.9 Å². The SMILES string of the molecule is NC1=NS(=O)(=O)Nc2cccc(OC[C@H]3CCCCN3C(=O)c3cc(O)cc(O)c3)c21. The summed E-state index contributed by atoms with van der Waals surface area (Å²) in [7, 11) is -3.89. The quantitative estimate of drug-likeness (QED) is 0.555. The first-order valence-corrected chi connectivity index (χ1v) is 11.2. The van der Waals surface area contributed by atoms with Crippen molar-refractivity contribution < 1.29 is 28.2 Å². The highest BCUT2D eigenvalue weighted by molar-refractivity contribution is 7.91. The molecule has 2 aromatic rings. The molecule has 5 N–H and O–H groups in total. The number of nitrogens with two attached hydrogens (primary N) is 1. The van der Waals surface area contributed by atoms with Crippen molar-refractivity contribution in [2.24, 2.45) is 10.1 Å². The van der Waals surface area contributed by atoms with Gasteiger partial charge in [0.15, 0.2) is 5.84 Å². The highest BCUT2D eigenvalue weighted by atomic mass is 32.2. The summed E-state index contributed by atoms with van der Waals surface area (Å²) in [6, 6.07) is 8.38. The molecule has 0 aromatic heterocycles. The third kappa shape index (κ3) is 4.36. The van der Waals surface area contributed by atoms with E-state index >= 15 is 0 Å². The van der Waals surface area contributed by atoms with Gasteiger partial charge in [-0.3, -0.25) is 9.52 Å². The molecule has 2 heterocycles. The Morgan fingerprint density at radius 1 is 1.23 bits per heavy atom. The molecule has 11 heteroatoms. The molecule has 0 saturated carbocycles. The number of phenolic OH excluding ortho intramolecular Hbond substituents is 2. The summed E-state index contributed by atoms with van der Waals surface area (Å²) in [4.78, 5) is 14.7. The number of piperidine rings is 1. The molecule has 0 radical (unpaired) electrons. The monoisotopic (exact) mass is 446 g/mol. The number of likely N-dealkylation sites (tertiary alicyclic amines) is 1. The lowest BCUT2D eigenvalue weighted by Gasteiger charge is -2.36. The number of anilines is 1. The minimum Gasteiger partial charge on any atom is -0.508 e. The number of amides is 1. The molecule has 1 atom stereocenters. The van der Waals surface area contributed by atoms with Crippen LogP contribution < -0.4 is 15.2 Å². The van der Waals surface area contributed by atoms with Crippen LogP contribution >= 0.6 is 0 Å². The van der Waals surface area contributed by atoms with E-state index < -0.39 is 10.2 Å². The normalized spacial score (nSPS) is 19.7. The number of hydrogen-bond acceptors (Lipinski definition) is 7. The summed E-state index contributed by atoms with van der Waals surface area (Å²) in [5.41, 5.74) is 6.66. The lowest BCUT2D eigenvalue weighted by molar-refractivity contribution is 0.0527. The maximum Gasteiger partial charge on any atom is 0.344 e. The largest absolute Gasteiger partial charge is 0.508 e.